The van der Waals surface area contributed by atoms with Crippen LogP contribution in [0, 0.1) is 0 Å². The van der Waals surface area contributed by atoms with Crippen LogP contribution in [0.4, 0.5) is 4.79 Å². The lowest BCUT2D eigenvalue weighted by Crippen LogP contribution is -2.51. The first-order valence-electron chi connectivity index (χ1n) is 11.3. The number of hydrogen-bond donors (Lipinski definition) is 0. The van der Waals surface area contributed by atoms with Crippen molar-refractivity contribution in [1.29, 1.82) is 0 Å². The molecule has 6 rings (SSSR count). The molecule has 0 unspecified atom stereocenters. The van der Waals surface area contributed by atoms with Crippen molar-refractivity contribution in [2.24, 2.45) is 0 Å². The second-order valence-electron chi connectivity index (χ2n) is 8.50. The number of hydrogen-bond acceptors (Lipinski definition) is 8. The van der Waals surface area contributed by atoms with E-state index < -0.39 is 0 Å². The molecule has 3 aromatic rings. The van der Waals surface area contributed by atoms with Crippen LogP contribution in [-0.4, -0.2) is 70.4 Å². The maximum atomic E-state index is 12.7. The SMILES string of the molecule is O=C(N1CCN(C(c2ccc3c(c2)COCO3)c2ccc3c(c2)COCO3)CC1)n1cncn1. The van der Waals surface area contributed by atoms with Gasteiger partial charge in [0.25, 0.3) is 0 Å². The smallest absolute Gasteiger partial charge is 0.346 e. The third-order valence-corrected chi connectivity index (χ3v) is 6.48. The van der Waals surface area contributed by atoms with E-state index in [2.05, 4.69) is 39.2 Å². The van der Waals surface area contributed by atoms with Gasteiger partial charge in [0.1, 0.15) is 24.2 Å². The zero-order valence-electron chi connectivity index (χ0n) is 18.6. The molecule has 1 amide bonds. The molecule has 0 spiro atoms. The Morgan fingerprint density at radius 1 is 0.853 bits per heavy atom. The van der Waals surface area contributed by atoms with Crippen LogP contribution in [0.5, 0.6) is 11.5 Å². The largest absolute Gasteiger partial charge is 0.467 e. The molecular formula is C24H25N5O5. The summed E-state index contributed by atoms with van der Waals surface area (Å²) in [7, 11) is 0. The molecule has 0 saturated carbocycles. The molecule has 0 aliphatic carbocycles. The zero-order chi connectivity index (χ0) is 22.9. The summed E-state index contributed by atoms with van der Waals surface area (Å²) in [6.07, 6.45) is 2.81. The van der Waals surface area contributed by atoms with Gasteiger partial charge in [-0.1, -0.05) is 12.1 Å². The van der Waals surface area contributed by atoms with Crippen LogP contribution in [0.3, 0.4) is 0 Å². The molecule has 4 heterocycles. The predicted octanol–water partition coefficient (Wildman–Crippen LogP) is 2.39. The second-order valence-corrected chi connectivity index (χ2v) is 8.50. The normalized spacial score (nSPS) is 18.1. The van der Waals surface area contributed by atoms with Gasteiger partial charge in [-0.3, -0.25) is 4.90 Å². The molecule has 3 aliphatic heterocycles. The summed E-state index contributed by atoms with van der Waals surface area (Å²) in [4.78, 5) is 20.8. The number of carbonyl (C=O) groups is 1. The Kier molecular flexibility index (Phi) is 5.61. The minimum absolute atomic E-state index is 0.00285. The quantitative estimate of drug-likeness (QED) is 0.585. The van der Waals surface area contributed by atoms with E-state index in [-0.39, 0.29) is 25.7 Å². The number of carbonyl (C=O) groups excluding carboxylic acids is 1. The first kappa shape index (κ1) is 21.1. The fraction of sp³-hybridized carbons (Fsp3) is 0.375. The van der Waals surface area contributed by atoms with E-state index in [0.717, 1.165) is 46.8 Å². The molecule has 1 saturated heterocycles. The number of benzene rings is 2. The van der Waals surface area contributed by atoms with Gasteiger partial charge in [0.05, 0.1) is 19.3 Å². The first-order valence-corrected chi connectivity index (χ1v) is 11.3. The summed E-state index contributed by atoms with van der Waals surface area (Å²) in [5.74, 6) is 1.73. The van der Waals surface area contributed by atoms with Crippen LogP contribution >= 0.6 is 0 Å². The van der Waals surface area contributed by atoms with Crippen molar-refractivity contribution >= 4 is 6.03 Å². The molecule has 10 heteroatoms. The highest BCUT2D eigenvalue weighted by Gasteiger charge is 2.30. The highest BCUT2D eigenvalue weighted by molar-refractivity contribution is 5.75. The van der Waals surface area contributed by atoms with Gasteiger partial charge in [-0.15, -0.1) is 0 Å². The summed E-state index contributed by atoms with van der Waals surface area (Å²) < 4.78 is 23.6. The monoisotopic (exact) mass is 463 g/mol. The molecule has 3 aliphatic rings. The molecule has 34 heavy (non-hydrogen) atoms. The van der Waals surface area contributed by atoms with Crippen molar-refractivity contribution in [1.82, 2.24) is 24.6 Å². The lowest BCUT2D eigenvalue weighted by molar-refractivity contribution is -0.0165. The average Bonchev–Trinajstić information content (AvgIpc) is 3.44. The van der Waals surface area contributed by atoms with E-state index in [9.17, 15) is 4.79 Å². The Bertz CT molecular complexity index is 1120. The van der Waals surface area contributed by atoms with Crippen molar-refractivity contribution in [2.45, 2.75) is 19.3 Å². The van der Waals surface area contributed by atoms with Crippen molar-refractivity contribution in [2.75, 3.05) is 39.8 Å². The number of nitrogens with zero attached hydrogens (tertiary/aromatic N) is 5. The van der Waals surface area contributed by atoms with E-state index in [1.807, 2.05) is 17.0 Å². The maximum Gasteiger partial charge on any atom is 0.346 e. The number of rotatable bonds is 3. The Balaban J connectivity index is 1.30. The molecular weight excluding hydrogens is 438 g/mol. The van der Waals surface area contributed by atoms with E-state index in [1.165, 1.54) is 17.3 Å². The van der Waals surface area contributed by atoms with Crippen LogP contribution in [0.2, 0.25) is 0 Å². The molecule has 176 valence electrons. The molecule has 1 fully saturated rings. The summed E-state index contributed by atoms with van der Waals surface area (Å²) in [6.45, 7) is 4.26. The lowest BCUT2D eigenvalue weighted by Gasteiger charge is -2.40. The van der Waals surface area contributed by atoms with Gasteiger partial charge in [-0.2, -0.15) is 9.78 Å². The van der Waals surface area contributed by atoms with Crippen LogP contribution in [0.25, 0.3) is 0 Å². The highest BCUT2D eigenvalue weighted by atomic mass is 16.7. The fourth-order valence-corrected chi connectivity index (χ4v) is 4.80. The van der Waals surface area contributed by atoms with Crippen molar-refractivity contribution in [3.63, 3.8) is 0 Å². The summed E-state index contributed by atoms with van der Waals surface area (Å²) >= 11 is 0. The van der Waals surface area contributed by atoms with Gasteiger partial charge < -0.3 is 23.8 Å². The summed E-state index contributed by atoms with van der Waals surface area (Å²) in [6, 6.07) is 12.5. The first-order chi connectivity index (χ1) is 16.8. The van der Waals surface area contributed by atoms with Gasteiger partial charge in [0, 0.05) is 37.3 Å². The summed E-state index contributed by atoms with van der Waals surface area (Å²) in [5, 5.41) is 3.98. The van der Waals surface area contributed by atoms with Gasteiger partial charge in [-0.05, 0) is 35.4 Å². The Morgan fingerprint density at radius 2 is 1.47 bits per heavy atom. The third kappa shape index (κ3) is 4.00. The van der Waals surface area contributed by atoms with E-state index in [0.29, 0.717) is 26.3 Å². The van der Waals surface area contributed by atoms with Crippen LogP contribution < -0.4 is 9.47 Å². The van der Waals surface area contributed by atoms with Gasteiger partial charge in [-0.25, -0.2) is 9.78 Å². The predicted molar refractivity (Wildman–Crippen MR) is 119 cm³/mol. The minimum atomic E-state index is -0.153. The molecule has 0 bridgehead atoms. The van der Waals surface area contributed by atoms with Crippen molar-refractivity contribution < 1.29 is 23.7 Å². The third-order valence-electron chi connectivity index (χ3n) is 6.48. The van der Waals surface area contributed by atoms with Crippen LogP contribution in [0.1, 0.15) is 28.3 Å². The highest BCUT2D eigenvalue weighted by Crippen LogP contribution is 2.36. The van der Waals surface area contributed by atoms with Gasteiger partial charge in [0.2, 0.25) is 0 Å². The van der Waals surface area contributed by atoms with E-state index >= 15 is 0 Å². The van der Waals surface area contributed by atoms with E-state index in [4.69, 9.17) is 18.9 Å². The Hall–Kier alpha value is -3.47. The van der Waals surface area contributed by atoms with Crippen LogP contribution in [-0.2, 0) is 22.7 Å². The number of aromatic nitrogens is 3. The second kappa shape index (κ2) is 9.05. The minimum Gasteiger partial charge on any atom is -0.467 e. The molecule has 10 nitrogen and oxygen atoms in total. The molecule has 1 aromatic heterocycles. The number of amides is 1. The fourth-order valence-electron chi connectivity index (χ4n) is 4.80. The number of ether oxygens (including phenoxy) is 4. The van der Waals surface area contributed by atoms with Crippen molar-refractivity contribution in [3.8, 4) is 11.5 Å². The summed E-state index contributed by atoms with van der Waals surface area (Å²) in [5.41, 5.74) is 4.39. The number of fused-ring (bicyclic) bond motifs is 2. The lowest BCUT2D eigenvalue weighted by atomic mass is 9.93. The topological polar surface area (TPSA) is 91.2 Å². The Labute approximate surface area is 196 Å². The number of piperazine rings is 1. The van der Waals surface area contributed by atoms with Gasteiger partial charge >= 0.3 is 6.03 Å². The maximum absolute atomic E-state index is 12.7. The Morgan fingerprint density at radius 3 is 2.03 bits per heavy atom. The van der Waals surface area contributed by atoms with Gasteiger partial charge in [0.15, 0.2) is 13.6 Å². The zero-order valence-corrected chi connectivity index (χ0v) is 18.6. The standard InChI is InChI=1S/C24H25N5O5/c30-24(29-14-25-13-26-29)28-7-5-27(6-8-28)23(17-1-3-21-19(9-17)11-31-15-33-21)18-2-4-22-20(10-18)12-32-16-34-22/h1-4,9-10,13-14,23H,5-8,11-12,15-16H2. The van der Waals surface area contributed by atoms with Crippen molar-refractivity contribution in [3.05, 3.63) is 71.3 Å². The van der Waals surface area contributed by atoms with E-state index in [1.54, 1.807) is 0 Å². The molecule has 2 aromatic carbocycles. The molecule has 0 radical (unpaired) electrons. The molecule has 0 atom stereocenters. The average molecular weight is 463 g/mol. The van der Waals surface area contributed by atoms with Crippen LogP contribution in [0.15, 0.2) is 49.1 Å². The molecule has 0 N–H and O–H groups in total.